The Hall–Kier alpha value is -1.40. The molecule has 1 aliphatic rings. The van der Waals surface area contributed by atoms with Crippen molar-refractivity contribution in [1.29, 1.82) is 0 Å². The zero-order chi connectivity index (χ0) is 15.1. The van der Waals surface area contributed by atoms with Crippen LogP contribution >= 0.6 is 0 Å². The minimum atomic E-state index is 0.121. The molecule has 2 heterocycles. The first kappa shape index (κ1) is 16.0. The van der Waals surface area contributed by atoms with E-state index in [1.807, 2.05) is 6.07 Å². The predicted molar refractivity (Wildman–Crippen MR) is 83.6 cm³/mol. The smallest absolute Gasteiger partial charge is 0.134 e. The van der Waals surface area contributed by atoms with Crippen LogP contribution in [0, 0.1) is 5.92 Å². The van der Waals surface area contributed by atoms with Crippen LogP contribution in [0.2, 0.25) is 0 Å². The van der Waals surface area contributed by atoms with E-state index < -0.39 is 0 Å². The van der Waals surface area contributed by atoms with E-state index in [-0.39, 0.29) is 13.2 Å². The molecular formula is C15H26N4O2. The highest BCUT2D eigenvalue weighted by Gasteiger charge is 2.21. The average Bonchev–Trinajstić information content (AvgIpc) is 2.55. The average molecular weight is 294 g/mol. The SMILES string of the molecule is CCCN(CCO)c1cc(N2CCCC(CO)C2)ncn1. The van der Waals surface area contributed by atoms with Gasteiger partial charge in [-0.05, 0) is 25.2 Å². The lowest BCUT2D eigenvalue weighted by Crippen LogP contribution is -2.37. The van der Waals surface area contributed by atoms with Gasteiger partial charge in [-0.25, -0.2) is 9.97 Å². The second kappa shape index (κ2) is 8.14. The molecule has 1 saturated heterocycles. The predicted octanol–water partition coefficient (Wildman–Crippen LogP) is 0.894. The molecule has 0 aliphatic carbocycles. The van der Waals surface area contributed by atoms with Gasteiger partial charge in [0.1, 0.15) is 18.0 Å². The highest BCUT2D eigenvalue weighted by molar-refractivity contribution is 5.50. The molecule has 1 aliphatic heterocycles. The topological polar surface area (TPSA) is 72.7 Å². The fraction of sp³-hybridized carbons (Fsp3) is 0.733. The first-order valence-corrected chi connectivity index (χ1v) is 7.82. The van der Waals surface area contributed by atoms with Crippen molar-refractivity contribution in [2.45, 2.75) is 26.2 Å². The summed E-state index contributed by atoms with van der Waals surface area (Å²) in [6, 6.07) is 1.99. The molecule has 0 spiro atoms. The first-order valence-electron chi connectivity index (χ1n) is 7.82. The van der Waals surface area contributed by atoms with Gasteiger partial charge in [-0.3, -0.25) is 0 Å². The molecule has 6 nitrogen and oxygen atoms in total. The molecule has 21 heavy (non-hydrogen) atoms. The summed E-state index contributed by atoms with van der Waals surface area (Å²) < 4.78 is 0. The summed E-state index contributed by atoms with van der Waals surface area (Å²) in [6.07, 6.45) is 4.76. The number of nitrogens with zero attached hydrogens (tertiary/aromatic N) is 4. The second-order valence-electron chi connectivity index (χ2n) is 5.58. The van der Waals surface area contributed by atoms with Crippen LogP contribution in [0.1, 0.15) is 26.2 Å². The van der Waals surface area contributed by atoms with Gasteiger partial charge < -0.3 is 20.0 Å². The van der Waals surface area contributed by atoms with E-state index >= 15 is 0 Å². The van der Waals surface area contributed by atoms with E-state index in [1.165, 1.54) is 0 Å². The van der Waals surface area contributed by atoms with Crippen molar-refractivity contribution < 1.29 is 10.2 Å². The summed E-state index contributed by atoms with van der Waals surface area (Å²) in [7, 11) is 0. The third-order valence-corrected chi connectivity index (χ3v) is 3.93. The summed E-state index contributed by atoms with van der Waals surface area (Å²) in [5, 5.41) is 18.5. The van der Waals surface area contributed by atoms with Crippen LogP contribution < -0.4 is 9.80 Å². The van der Waals surface area contributed by atoms with Crippen molar-refractivity contribution in [1.82, 2.24) is 9.97 Å². The van der Waals surface area contributed by atoms with E-state index in [1.54, 1.807) is 6.33 Å². The Morgan fingerprint density at radius 3 is 2.90 bits per heavy atom. The lowest BCUT2D eigenvalue weighted by molar-refractivity contribution is 0.208. The number of anilines is 2. The Balaban J connectivity index is 2.12. The molecule has 1 atom stereocenters. The molecule has 0 amide bonds. The normalized spacial score (nSPS) is 18.8. The van der Waals surface area contributed by atoms with Crippen molar-refractivity contribution in [3.63, 3.8) is 0 Å². The van der Waals surface area contributed by atoms with Crippen LogP contribution in [-0.4, -0.2) is 59.6 Å². The number of hydrogen-bond donors (Lipinski definition) is 2. The van der Waals surface area contributed by atoms with E-state index in [9.17, 15) is 10.2 Å². The molecule has 0 radical (unpaired) electrons. The summed E-state index contributed by atoms with van der Waals surface area (Å²) in [5.74, 6) is 2.11. The fourth-order valence-corrected chi connectivity index (χ4v) is 2.84. The van der Waals surface area contributed by atoms with Crippen molar-refractivity contribution in [2.24, 2.45) is 5.92 Å². The van der Waals surface area contributed by atoms with E-state index in [0.717, 1.165) is 50.5 Å². The van der Waals surface area contributed by atoms with Gasteiger partial charge in [0.25, 0.3) is 0 Å². The van der Waals surface area contributed by atoms with Crippen LogP contribution in [0.3, 0.4) is 0 Å². The van der Waals surface area contributed by atoms with Crippen LogP contribution in [0.15, 0.2) is 12.4 Å². The maximum absolute atomic E-state index is 9.34. The maximum Gasteiger partial charge on any atom is 0.134 e. The summed E-state index contributed by atoms with van der Waals surface area (Å²) in [4.78, 5) is 13.0. The maximum atomic E-state index is 9.34. The number of piperidine rings is 1. The molecule has 1 aromatic heterocycles. The number of aliphatic hydroxyl groups excluding tert-OH is 2. The minimum absolute atomic E-state index is 0.121. The zero-order valence-electron chi connectivity index (χ0n) is 12.8. The van der Waals surface area contributed by atoms with Gasteiger partial charge in [0.2, 0.25) is 0 Å². The van der Waals surface area contributed by atoms with Crippen LogP contribution in [0.4, 0.5) is 11.6 Å². The van der Waals surface area contributed by atoms with Crippen molar-refractivity contribution in [3.05, 3.63) is 12.4 Å². The Bertz CT molecular complexity index is 424. The van der Waals surface area contributed by atoms with Gasteiger partial charge in [-0.15, -0.1) is 0 Å². The largest absolute Gasteiger partial charge is 0.396 e. The molecule has 1 fully saturated rings. The van der Waals surface area contributed by atoms with Gasteiger partial charge in [-0.2, -0.15) is 0 Å². The molecule has 0 aromatic carbocycles. The van der Waals surface area contributed by atoms with Crippen molar-refractivity contribution >= 4 is 11.6 Å². The monoisotopic (exact) mass is 294 g/mol. The fourth-order valence-electron chi connectivity index (χ4n) is 2.84. The highest BCUT2D eigenvalue weighted by Crippen LogP contribution is 2.23. The number of rotatable bonds is 7. The lowest BCUT2D eigenvalue weighted by atomic mass is 9.99. The van der Waals surface area contributed by atoms with Crippen molar-refractivity contribution in [2.75, 3.05) is 49.2 Å². The lowest BCUT2D eigenvalue weighted by Gasteiger charge is -2.33. The van der Waals surface area contributed by atoms with E-state index in [2.05, 4.69) is 26.7 Å². The van der Waals surface area contributed by atoms with Crippen LogP contribution in [-0.2, 0) is 0 Å². The second-order valence-corrected chi connectivity index (χ2v) is 5.58. The van der Waals surface area contributed by atoms with Crippen LogP contribution in [0.25, 0.3) is 0 Å². The number of aliphatic hydroxyl groups is 2. The molecule has 2 rings (SSSR count). The third-order valence-electron chi connectivity index (χ3n) is 3.93. The number of hydrogen-bond acceptors (Lipinski definition) is 6. The Morgan fingerprint density at radius 1 is 1.33 bits per heavy atom. The minimum Gasteiger partial charge on any atom is -0.396 e. The van der Waals surface area contributed by atoms with Gasteiger partial charge >= 0.3 is 0 Å². The van der Waals surface area contributed by atoms with Gasteiger partial charge in [-0.1, -0.05) is 6.92 Å². The summed E-state index contributed by atoms with van der Waals surface area (Å²) in [5.41, 5.74) is 0. The molecule has 1 aromatic rings. The third kappa shape index (κ3) is 4.28. The molecular weight excluding hydrogens is 268 g/mol. The molecule has 1 unspecified atom stereocenters. The van der Waals surface area contributed by atoms with E-state index in [0.29, 0.717) is 12.5 Å². The standard InChI is InChI=1S/C15H26N4O2/c1-2-5-18(7-8-20)14-9-15(17-12-16-14)19-6-3-4-13(10-19)11-21/h9,12-13,20-21H,2-8,10-11H2,1H3. The molecule has 6 heteroatoms. The molecule has 118 valence electrons. The summed E-state index contributed by atoms with van der Waals surface area (Å²) in [6.45, 7) is 5.75. The van der Waals surface area contributed by atoms with Crippen molar-refractivity contribution in [3.8, 4) is 0 Å². The Labute approximate surface area is 126 Å². The van der Waals surface area contributed by atoms with Gasteiger partial charge in [0.05, 0.1) is 6.61 Å². The first-order chi connectivity index (χ1) is 10.3. The zero-order valence-corrected chi connectivity index (χ0v) is 12.8. The highest BCUT2D eigenvalue weighted by atomic mass is 16.3. The Morgan fingerprint density at radius 2 is 2.19 bits per heavy atom. The van der Waals surface area contributed by atoms with Crippen LogP contribution in [0.5, 0.6) is 0 Å². The quantitative estimate of drug-likeness (QED) is 0.778. The van der Waals surface area contributed by atoms with Gasteiger partial charge in [0.15, 0.2) is 0 Å². The van der Waals surface area contributed by atoms with Gasteiger partial charge in [0, 0.05) is 38.9 Å². The summed E-state index contributed by atoms with van der Waals surface area (Å²) >= 11 is 0. The molecule has 0 saturated carbocycles. The molecule has 0 bridgehead atoms. The molecule has 2 N–H and O–H groups in total. The Kier molecular flexibility index (Phi) is 6.20. The van der Waals surface area contributed by atoms with E-state index in [4.69, 9.17) is 0 Å². The number of aromatic nitrogens is 2.